The Morgan fingerprint density at radius 2 is 2.21 bits per heavy atom. The minimum Gasteiger partial charge on any atom is -0.494 e. The Labute approximate surface area is 119 Å². The van der Waals surface area contributed by atoms with Crippen LogP contribution in [0, 0.1) is 5.92 Å². The molecular formula is C14H20N2O2S. The number of carbonyl (C=O) groups is 1. The maximum Gasteiger partial charge on any atom is 0.234 e. The van der Waals surface area contributed by atoms with E-state index in [2.05, 4.69) is 5.32 Å². The van der Waals surface area contributed by atoms with Gasteiger partial charge in [-0.1, -0.05) is 31.6 Å². The number of anilines is 1. The Kier molecular flexibility index (Phi) is 6.29. The van der Waals surface area contributed by atoms with E-state index in [4.69, 9.17) is 22.7 Å². The quantitative estimate of drug-likeness (QED) is 0.754. The number of thiocarbonyl (C=S) groups is 1. The summed E-state index contributed by atoms with van der Waals surface area (Å²) >= 11 is 4.93. The molecule has 1 unspecified atom stereocenters. The van der Waals surface area contributed by atoms with Crippen molar-refractivity contribution in [3.05, 3.63) is 24.3 Å². The minimum absolute atomic E-state index is 0.164. The lowest BCUT2D eigenvalue weighted by Gasteiger charge is -2.15. The Bertz CT molecular complexity index is 449. The summed E-state index contributed by atoms with van der Waals surface area (Å²) in [6, 6.07) is 7.26. The molecule has 1 rings (SSSR count). The molecule has 1 aromatic rings. The second-order valence-electron chi connectivity index (χ2n) is 4.19. The van der Waals surface area contributed by atoms with E-state index in [0.717, 1.165) is 12.2 Å². The van der Waals surface area contributed by atoms with Crippen LogP contribution >= 0.6 is 12.2 Å². The fourth-order valence-electron chi connectivity index (χ4n) is 1.75. The van der Waals surface area contributed by atoms with Gasteiger partial charge in [-0.15, -0.1) is 0 Å². The molecule has 0 heterocycles. The Morgan fingerprint density at radius 1 is 1.47 bits per heavy atom. The molecule has 0 aliphatic rings. The fourth-order valence-corrected chi connectivity index (χ4v) is 1.98. The predicted octanol–water partition coefficient (Wildman–Crippen LogP) is 2.73. The number of nitrogens with one attached hydrogen (secondary N) is 1. The maximum absolute atomic E-state index is 12.1. The molecule has 0 saturated heterocycles. The fraction of sp³-hybridized carbons (Fsp3) is 0.429. The highest BCUT2D eigenvalue weighted by molar-refractivity contribution is 7.80. The van der Waals surface area contributed by atoms with Crippen LogP contribution in [0.3, 0.4) is 0 Å². The Hall–Kier alpha value is -1.62. The molecule has 104 valence electrons. The Morgan fingerprint density at radius 3 is 2.79 bits per heavy atom. The highest BCUT2D eigenvalue weighted by Crippen LogP contribution is 2.19. The van der Waals surface area contributed by atoms with Gasteiger partial charge in [0.25, 0.3) is 0 Å². The number of hydrogen-bond donors (Lipinski definition) is 2. The average molecular weight is 280 g/mol. The lowest BCUT2D eigenvalue weighted by atomic mass is 10.0. The van der Waals surface area contributed by atoms with Crippen LogP contribution < -0.4 is 15.8 Å². The van der Waals surface area contributed by atoms with E-state index in [-0.39, 0.29) is 10.9 Å². The number of amides is 1. The van der Waals surface area contributed by atoms with Crippen LogP contribution in [0.2, 0.25) is 0 Å². The minimum atomic E-state index is -0.421. The van der Waals surface area contributed by atoms with Gasteiger partial charge in [-0.2, -0.15) is 0 Å². The van der Waals surface area contributed by atoms with Crippen LogP contribution in [-0.4, -0.2) is 17.5 Å². The van der Waals surface area contributed by atoms with Crippen LogP contribution in [0.5, 0.6) is 5.75 Å². The lowest BCUT2D eigenvalue weighted by molar-refractivity contribution is -0.118. The number of hydrogen-bond acceptors (Lipinski definition) is 3. The first kappa shape index (κ1) is 15.4. The number of benzene rings is 1. The van der Waals surface area contributed by atoms with Crippen LogP contribution in [-0.2, 0) is 4.79 Å². The van der Waals surface area contributed by atoms with E-state index in [1.54, 1.807) is 6.07 Å². The summed E-state index contributed by atoms with van der Waals surface area (Å²) in [5.74, 6) is 0.140. The van der Waals surface area contributed by atoms with Crippen molar-refractivity contribution in [3.8, 4) is 5.75 Å². The summed E-state index contributed by atoms with van der Waals surface area (Å²) in [7, 11) is 0. The molecular weight excluding hydrogens is 260 g/mol. The molecule has 0 radical (unpaired) electrons. The summed E-state index contributed by atoms with van der Waals surface area (Å²) in [6.45, 7) is 4.49. The number of nitrogens with two attached hydrogens (primary N) is 1. The third-order valence-electron chi connectivity index (χ3n) is 2.65. The van der Waals surface area contributed by atoms with Gasteiger partial charge in [0.1, 0.15) is 5.75 Å². The van der Waals surface area contributed by atoms with E-state index in [1.165, 1.54) is 0 Å². The van der Waals surface area contributed by atoms with Crippen molar-refractivity contribution in [1.82, 2.24) is 0 Å². The average Bonchev–Trinajstić information content (AvgIpc) is 2.36. The maximum atomic E-state index is 12.1. The topological polar surface area (TPSA) is 64.3 Å². The summed E-state index contributed by atoms with van der Waals surface area (Å²) in [5, 5.41) is 2.82. The molecule has 0 spiro atoms. The monoisotopic (exact) mass is 280 g/mol. The second-order valence-corrected chi connectivity index (χ2v) is 4.67. The van der Waals surface area contributed by atoms with Crippen molar-refractivity contribution in [2.75, 3.05) is 11.9 Å². The molecule has 1 aromatic carbocycles. The van der Waals surface area contributed by atoms with E-state index < -0.39 is 5.92 Å². The molecule has 0 saturated carbocycles. The third kappa shape index (κ3) is 4.87. The van der Waals surface area contributed by atoms with Gasteiger partial charge in [-0.3, -0.25) is 4.79 Å². The second kappa shape index (κ2) is 7.74. The molecule has 0 bridgehead atoms. The van der Waals surface area contributed by atoms with Crippen LogP contribution in [0.15, 0.2) is 24.3 Å². The largest absolute Gasteiger partial charge is 0.494 e. The summed E-state index contributed by atoms with van der Waals surface area (Å²) < 4.78 is 5.38. The smallest absolute Gasteiger partial charge is 0.234 e. The highest BCUT2D eigenvalue weighted by atomic mass is 32.1. The van der Waals surface area contributed by atoms with E-state index in [0.29, 0.717) is 18.7 Å². The van der Waals surface area contributed by atoms with Crippen molar-refractivity contribution in [2.45, 2.75) is 26.7 Å². The normalized spacial score (nSPS) is 11.7. The van der Waals surface area contributed by atoms with Gasteiger partial charge < -0.3 is 15.8 Å². The molecule has 4 nitrogen and oxygen atoms in total. The van der Waals surface area contributed by atoms with Gasteiger partial charge >= 0.3 is 0 Å². The van der Waals surface area contributed by atoms with Crippen molar-refractivity contribution < 1.29 is 9.53 Å². The van der Waals surface area contributed by atoms with E-state index in [1.807, 2.05) is 32.0 Å². The van der Waals surface area contributed by atoms with Crippen molar-refractivity contribution in [1.29, 1.82) is 0 Å². The van der Waals surface area contributed by atoms with Gasteiger partial charge in [0.15, 0.2) is 0 Å². The van der Waals surface area contributed by atoms with Crippen molar-refractivity contribution in [2.24, 2.45) is 11.7 Å². The molecule has 5 heteroatoms. The number of carbonyl (C=O) groups excluding carboxylic acids is 1. The lowest BCUT2D eigenvalue weighted by Crippen LogP contribution is -2.33. The SMILES string of the molecule is CCCC(C(=O)Nc1cccc(OCC)c1)C(N)=S. The van der Waals surface area contributed by atoms with Gasteiger partial charge in [-0.05, 0) is 25.5 Å². The third-order valence-corrected chi connectivity index (χ3v) is 2.93. The van der Waals surface area contributed by atoms with E-state index in [9.17, 15) is 4.79 Å². The summed E-state index contributed by atoms with van der Waals surface area (Å²) in [6.07, 6.45) is 1.51. The summed E-state index contributed by atoms with van der Waals surface area (Å²) in [4.78, 5) is 12.3. The molecule has 3 N–H and O–H groups in total. The van der Waals surface area contributed by atoms with E-state index >= 15 is 0 Å². The first-order valence-electron chi connectivity index (χ1n) is 6.41. The van der Waals surface area contributed by atoms with Gasteiger partial charge in [0.2, 0.25) is 5.91 Å². The zero-order valence-electron chi connectivity index (χ0n) is 11.3. The molecule has 0 aliphatic heterocycles. The number of ether oxygens (including phenoxy) is 1. The predicted molar refractivity (Wildman–Crippen MR) is 81.4 cm³/mol. The molecule has 19 heavy (non-hydrogen) atoms. The molecule has 0 aliphatic carbocycles. The van der Waals surface area contributed by atoms with Crippen molar-refractivity contribution >= 4 is 28.8 Å². The molecule has 1 amide bonds. The first-order chi connectivity index (χ1) is 9.08. The van der Waals surface area contributed by atoms with Crippen LogP contribution in [0.4, 0.5) is 5.69 Å². The zero-order valence-corrected chi connectivity index (χ0v) is 12.1. The zero-order chi connectivity index (χ0) is 14.3. The van der Waals surface area contributed by atoms with Crippen LogP contribution in [0.25, 0.3) is 0 Å². The molecule has 0 aromatic heterocycles. The Balaban J connectivity index is 2.74. The number of rotatable bonds is 7. The highest BCUT2D eigenvalue weighted by Gasteiger charge is 2.20. The van der Waals surface area contributed by atoms with Crippen LogP contribution in [0.1, 0.15) is 26.7 Å². The first-order valence-corrected chi connectivity index (χ1v) is 6.82. The molecule has 1 atom stereocenters. The van der Waals surface area contributed by atoms with Gasteiger partial charge in [0, 0.05) is 11.8 Å². The standard InChI is InChI=1S/C14H20N2O2S/c1-3-6-12(13(15)19)14(17)16-10-7-5-8-11(9-10)18-4-2/h5,7-9,12H,3-4,6H2,1-2H3,(H2,15,19)(H,16,17). The molecule has 0 fully saturated rings. The van der Waals surface area contributed by atoms with Crippen molar-refractivity contribution in [3.63, 3.8) is 0 Å². The summed E-state index contributed by atoms with van der Waals surface area (Å²) in [5.41, 5.74) is 6.29. The van der Waals surface area contributed by atoms with Gasteiger partial charge in [0.05, 0.1) is 17.5 Å². The van der Waals surface area contributed by atoms with Gasteiger partial charge in [-0.25, -0.2) is 0 Å².